The molecular weight excluding hydrogens is 419 g/mol. The molecule has 1 aromatic carbocycles. The van der Waals surface area contributed by atoms with E-state index in [1.807, 2.05) is 0 Å². The number of nitrogens with zero attached hydrogens (tertiary/aromatic N) is 3. The van der Waals surface area contributed by atoms with E-state index in [1.165, 1.54) is 11.3 Å². The summed E-state index contributed by atoms with van der Waals surface area (Å²) in [6.45, 7) is 0. The predicted molar refractivity (Wildman–Crippen MR) is 102 cm³/mol. The third kappa shape index (κ3) is 3.25. The van der Waals surface area contributed by atoms with Crippen molar-refractivity contribution in [2.75, 3.05) is 5.01 Å². The van der Waals surface area contributed by atoms with Gasteiger partial charge < -0.3 is 5.11 Å². The lowest BCUT2D eigenvalue weighted by atomic mass is 10.1. The molecule has 0 fully saturated rings. The Morgan fingerprint density at radius 3 is 2.52 bits per heavy atom. The van der Waals surface area contributed by atoms with Gasteiger partial charge in [-0.15, -0.1) is 22.7 Å². The van der Waals surface area contributed by atoms with Gasteiger partial charge in [-0.2, -0.15) is 23.3 Å². The first kappa shape index (κ1) is 18.4. The van der Waals surface area contributed by atoms with Crippen molar-refractivity contribution in [2.24, 2.45) is 5.10 Å². The number of hydrogen-bond donors (Lipinski definition) is 1. The average molecular weight is 430 g/mol. The highest BCUT2D eigenvalue weighted by molar-refractivity contribution is 7.14. The summed E-state index contributed by atoms with van der Waals surface area (Å²) < 4.78 is 41.0. The summed E-state index contributed by atoms with van der Waals surface area (Å²) in [6, 6.07) is 10.2. The largest absolute Gasteiger partial charge is 0.438 e. The zero-order valence-corrected chi connectivity index (χ0v) is 15.8. The normalized spacial score (nSPS) is 20.2. The van der Waals surface area contributed by atoms with Crippen molar-refractivity contribution in [3.8, 4) is 11.3 Å². The SMILES string of the molecule is O[C@]1(C(F)(F)F)CC(c2cccs2)=NN1c1nc(-c2ccc(Cl)cc2)cs1. The van der Waals surface area contributed by atoms with Crippen molar-refractivity contribution in [3.05, 3.63) is 57.1 Å². The van der Waals surface area contributed by atoms with Crippen molar-refractivity contribution >= 4 is 45.1 Å². The smallest absolute Gasteiger partial charge is 0.362 e. The summed E-state index contributed by atoms with van der Waals surface area (Å²) in [5.41, 5.74) is -1.77. The van der Waals surface area contributed by atoms with Crippen LogP contribution < -0.4 is 5.01 Å². The molecule has 0 saturated heterocycles. The Hall–Kier alpha value is -1.94. The molecule has 3 aromatic rings. The maximum Gasteiger partial charge on any atom is 0.438 e. The Bertz CT molecular complexity index is 986. The van der Waals surface area contributed by atoms with E-state index in [9.17, 15) is 18.3 Å². The van der Waals surface area contributed by atoms with E-state index in [1.54, 1.807) is 47.2 Å². The van der Waals surface area contributed by atoms with Gasteiger partial charge in [0.1, 0.15) is 0 Å². The molecule has 4 rings (SSSR count). The van der Waals surface area contributed by atoms with Gasteiger partial charge in [0.15, 0.2) is 0 Å². The number of hydrazone groups is 1. The molecule has 0 unspecified atom stereocenters. The number of aromatic nitrogens is 1. The van der Waals surface area contributed by atoms with E-state index in [4.69, 9.17) is 11.6 Å². The van der Waals surface area contributed by atoms with Crippen LogP contribution in [0.4, 0.5) is 18.3 Å². The summed E-state index contributed by atoms with van der Waals surface area (Å²) in [5, 5.41) is 19.0. The molecule has 0 amide bonds. The Morgan fingerprint density at radius 1 is 1.15 bits per heavy atom. The van der Waals surface area contributed by atoms with Crippen LogP contribution in [-0.2, 0) is 0 Å². The highest BCUT2D eigenvalue weighted by atomic mass is 35.5. The summed E-state index contributed by atoms with van der Waals surface area (Å²) in [6.07, 6.45) is -5.56. The number of alkyl halides is 3. The molecule has 1 atom stereocenters. The van der Waals surface area contributed by atoms with Crippen LogP contribution in [0.2, 0.25) is 5.02 Å². The van der Waals surface area contributed by atoms with Crippen LogP contribution in [0.3, 0.4) is 0 Å². The second-order valence-electron chi connectivity index (χ2n) is 5.85. The topological polar surface area (TPSA) is 48.7 Å². The van der Waals surface area contributed by atoms with E-state index >= 15 is 0 Å². The van der Waals surface area contributed by atoms with E-state index in [2.05, 4.69) is 10.1 Å². The fourth-order valence-corrected chi connectivity index (χ4v) is 4.35. The lowest BCUT2D eigenvalue weighted by Gasteiger charge is -2.32. The highest BCUT2D eigenvalue weighted by Gasteiger charge is 2.62. The Labute approximate surface area is 165 Å². The van der Waals surface area contributed by atoms with Gasteiger partial charge in [0.05, 0.1) is 22.7 Å². The molecule has 0 bridgehead atoms. The van der Waals surface area contributed by atoms with Crippen LogP contribution in [-0.4, -0.2) is 27.7 Å². The van der Waals surface area contributed by atoms with Crippen LogP contribution in [0.5, 0.6) is 0 Å². The standard InChI is InChI=1S/C17H11ClF3N3OS2/c18-11-5-3-10(4-6-11)13-9-27-15(22-13)24-16(25,17(19,20)21)8-12(23-24)14-2-1-7-26-14/h1-7,9,25H,8H2/t16-/m0/s1. The number of rotatable bonds is 3. The van der Waals surface area contributed by atoms with Gasteiger partial charge in [-0.05, 0) is 23.6 Å². The molecule has 1 aliphatic heterocycles. The van der Waals surface area contributed by atoms with E-state index in [0.717, 1.165) is 11.3 Å². The molecular formula is C17H11ClF3N3OS2. The third-order valence-electron chi connectivity index (χ3n) is 4.06. The molecule has 0 saturated carbocycles. The first-order chi connectivity index (χ1) is 12.8. The second kappa shape index (κ2) is 6.59. The molecule has 0 spiro atoms. The van der Waals surface area contributed by atoms with Crippen LogP contribution in [0.15, 0.2) is 52.3 Å². The Kier molecular flexibility index (Phi) is 4.50. The first-order valence-electron chi connectivity index (χ1n) is 7.70. The molecule has 2 aromatic heterocycles. The minimum absolute atomic E-state index is 0.0358. The lowest BCUT2D eigenvalue weighted by Crippen LogP contribution is -2.55. The van der Waals surface area contributed by atoms with Gasteiger partial charge in [0.25, 0.3) is 5.72 Å². The predicted octanol–water partition coefficient (Wildman–Crippen LogP) is 5.39. The molecule has 140 valence electrons. The number of hydrogen-bond acceptors (Lipinski definition) is 6. The van der Waals surface area contributed by atoms with Crippen LogP contribution in [0.25, 0.3) is 11.3 Å². The van der Waals surface area contributed by atoms with Gasteiger partial charge in [-0.1, -0.05) is 29.8 Å². The van der Waals surface area contributed by atoms with Gasteiger partial charge in [0, 0.05) is 16.0 Å². The zero-order valence-electron chi connectivity index (χ0n) is 13.4. The molecule has 4 nitrogen and oxygen atoms in total. The highest BCUT2D eigenvalue weighted by Crippen LogP contribution is 2.45. The maximum absolute atomic E-state index is 13.7. The van der Waals surface area contributed by atoms with Crippen molar-refractivity contribution in [1.82, 2.24) is 4.98 Å². The maximum atomic E-state index is 13.7. The molecule has 1 N–H and O–H groups in total. The zero-order chi connectivity index (χ0) is 19.2. The number of aliphatic hydroxyl groups is 1. The average Bonchev–Trinajstić information content (AvgIpc) is 3.34. The number of anilines is 1. The summed E-state index contributed by atoms with van der Waals surface area (Å²) in [5.74, 6) is 0. The number of thiophene rings is 1. The molecule has 3 heterocycles. The van der Waals surface area contributed by atoms with E-state index < -0.39 is 18.3 Å². The van der Waals surface area contributed by atoms with Crippen LogP contribution in [0, 0.1) is 0 Å². The number of halogens is 4. The monoisotopic (exact) mass is 429 g/mol. The van der Waals surface area contributed by atoms with Crippen molar-refractivity contribution in [2.45, 2.75) is 18.3 Å². The molecule has 10 heteroatoms. The Balaban J connectivity index is 1.74. The lowest BCUT2D eigenvalue weighted by molar-refractivity contribution is -0.254. The van der Waals surface area contributed by atoms with Crippen molar-refractivity contribution < 1.29 is 18.3 Å². The number of benzene rings is 1. The number of thiazole rings is 1. The van der Waals surface area contributed by atoms with Crippen molar-refractivity contribution in [3.63, 3.8) is 0 Å². The first-order valence-corrected chi connectivity index (χ1v) is 9.84. The molecule has 27 heavy (non-hydrogen) atoms. The van der Waals surface area contributed by atoms with Gasteiger partial charge >= 0.3 is 6.18 Å². The Morgan fingerprint density at radius 2 is 1.89 bits per heavy atom. The molecule has 0 aliphatic carbocycles. The van der Waals surface area contributed by atoms with Gasteiger partial charge in [-0.25, -0.2) is 4.98 Å². The molecule has 0 radical (unpaired) electrons. The van der Waals surface area contributed by atoms with Gasteiger partial charge in [-0.3, -0.25) is 0 Å². The van der Waals surface area contributed by atoms with Gasteiger partial charge in [0.2, 0.25) is 5.13 Å². The quantitative estimate of drug-likeness (QED) is 0.607. The van der Waals surface area contributed by atoms with Crippen LogP contribution >= 0.6 is 34.3 Å². The minimum atomic E-state index is -4.90. The molecule has 1 aliphatic rings. The second-order valence-corrected chi connectivity index (χ2v) is 8.07. The van der Waals surface area contributed by atoms with E-state index in [-0.39, 0.29) is 10.8 Å². The fraction of sp³-hybridized carbons (Fsp3) is 0.176. The van der Waals surface area contributed by atoms with E-state index in [0.29, 0.717) is 26.2 Å². The van der Waals surface area contributed by atoms with Crippen LogP contribution in [0.1, 0.15) is 11.3 Å². The summed E-state index contributed by atoms with van der Waals surface area (Å²) in [7, 11) is 0. The van der Waals surface area contributed by atoms with Crippen molar-refractivity contribution in [1.29, 1.82) is 0 Å². The minimum Gasteiger partial charge on any atom is -0.362 e. The third-order valence-corrected chi connectivity index (χ3v) is 6.04. The summed E-state index contributed by atoms with van der Waals surface area (Å²) >= 11 is 8.11. The fourth-order valence-electron chi connectivity index (χ4n) is 2.66. The summed E-state index contributed by atoms with van der Waals surface area (Å²) in [4.78, 5) is 4.83.